The maximum Gasteiger partial charge on any atom is 0.265 e. The number of fused-ring (bicyclic) bond motifs is 1. The number of hydrogen-bond acceptors (Lipinski definition) is 4. The average Bonchev–Trinajstić information content (AvgIpc) is 2.47. The van der Waals surface area contributed by atoms with Crippen LogP contribution < -0.4 is 14.8 Å². The van der Waals surface area contributed by atoms with E-state index in [0.717, 1.165) is 5.56 Å². The first-order valence-corrected chi connectivity index (χ1v) is 8.54. The van der Waals surface area contributed by atoms with Crippen LogP contribution >= 0.6 is 0 Å². The second-order valence-electron chi connectivity index (χ2n) is 5.38. The number of sulfonamides is 1. The van der Waals surface area contributed by atoms with Gasteiger partial charge in [0.2, 0.25) is 0 Å². The van der Waals surface area contributed by atoms with Crippen LogP contribution in [0.2, 0.25) is 0 Å². The van der Waals surface area contributed by atoms with Crippen LogP contribution in [-0.4, -0.2) is 20.4 Å². The Morgan fingerprint density at radius 1 is 1.17 bits per heavy atom. The molecular formula is C16H16N2O4S. The molecule has 1 unspecified atom stereocenters. The van der Waals surface area contributed by atoms with E-state index in [0.29, 0.717) is 17.1 Å². The summed E-state index contributed by atoms with van der Waals surface area (Å²) in [6, 6.07) is 11.4. The van der Waals surface area contributed by atoms with Crippen LogP contribution in [0.5, 0.6) is 5.75 Å². The molecule has 120 valence electrons. The quantitative estimate of drug-likeness (QED) is 0.904. The summed E-state index contributed by atoms with van der Waals surface area (Å²) < 4.78 is 32.9. The lowest BCUT2D eigenvalue weighted by molar-refractivity contribution is -0.122. The van der Waals surface area contributed by atoms with Crippen LogP contribution in [0.25, 0.3) is 0 Å². The molecule has 0 radical (unpaired) electrons. The van der Waals surface area contributed by atoms with Gasteiger partial charge >= 0.3 is 0 Å². The molecule has 3 rings (SSSR count). The predicted molar refractivity (Wildman–Crippen MR) is 87.1 cm³/mol. The summed E-state index contributed by atoms with van der Waals surface area (Å²) in [5, 5.41) is 2.64. The second kappa shape index (κ2) is 5.58. The normalized spacial score (nSPS) is 17.0. The summed E-state index contributed by atoms with van der Waals surface area (Å²) in [5.41, 5.74) is 1.78. The number of carbonyl (C=O) groups is 1. The number of amides is 1. The maximum atomic E-state index is 12.5. The molecule has 2 aromatic carbocycles. The molecule has 0 saturated heterocycles. The van der Waals surface area contributed by atoms with Crippen LogP contribution in [-0.2, 0) is 14.8 Å². The Hall–Kier alpha value is -2.54. The van der Waals surface area contributed by atoms with E-state index in [-0.39, 0.29) is 10.8 Å². The van der Waals surface area contributed by atoms with Gasteiger partial charge in [-0.2, -0.15) is 0 Å². The first-order chi connectivity index (χ1) is 10.8. The third-order valence-electron chi connectivity index (χ3n) is 3.46. The SMILES string of the molecule is Cc1cccc(NS(=O)(=O)c2ccc3c(c2)NC(=O)C(C)O3)c1. The third-order valence-corrected chi connectivity index (χ3v) is 4.84. The van der Waals surface area contributed by atoms with Crippen molar-refractivity contribution in [3.63, 3.8) is 0 Å². The zero-order valence-electron chi connectivity index (χ0n) is 12.7. The number of aryl methyl sites for hydroxylation is 1. The van der Waals surface area contributed by atoms with Crippen LogP contribution in [0.1, 0.15) is 12.5 Å². The second-order valence-corrected chi connectivity index (χ2v) is 7.06. The fraction of sp³-hybridized carbons (Fsp3) is 0.188. The molecular weight excluding hydrogens is 316 g/mol. The minimum atomic E-state index is -3.75. The van der Waals surface area contributed by atoms with Crippen molar-refractivity contribution >= 4 is 27.3 Å². The smallest absolute Gasteiger partial charge is 0.265 e. The van der Waals surface area contributed by atoms with E-state index in [1.165, 1.54) is 18.2 Å². The van der Waals surface area contributed by atoms with Crippen molar-refractivity contribution in [3.05, 3.63) is 48.0 Å². The molecule has 1 atom stereocenters. The van der Waals surface area contributed by atoms with Gasteiger partial charge in [0, 0.05) is 5.69 Å². The number of nitrogens with one attached hydrogen (secondary N) is 2. The molecule has 0 aliphatic carbocycles. The summed E-state index contributed by atoms with van der Waals surface area (Å²) >= 11 is 0. The molecule has 1 aliphatic rings. The van der Waals surface area contributed by atoms with Gasteiger partial charge in [-0.1, -0.05) is 12.1 Å². The van der Waals surface area contributed by atoms with Gasteiger partial charge in [0.05, 0.1) is 10.6 Å². The van der Waals surface area contributed by atoms with Gasteiger partial charge in [0.1, 0.15) is 5.75 Å². The maximum absolute atomic E-state index is 12.5. The van der Waals surface area contributed by atoms with Crippen molar-refractivity contribution in [2.24, 2.45) is 0 Å². The number of ether oxygens (including phenoxy) is 1. The van der Waals surface area contributed by atoms with Gasteiger partial charge in [-0.3, -0.25) is 9.52 Å². The molecule has 0 bridgehead atoms. The van der Waals surface area contributed by atoms with E-state index < -0.39 is 16.1 Å². The number of benzene rings is 2. The first kappa shape index (κ1) is 15.4. The third kappa shape index (κ3) is 3.14. The number of hydrogen-bond donors (Lipinski definition) is 2. The Labute approximate surface area is 134 Å². The van der Waals surface area contributed by atoms with Crippen molar-refractivity contribution in [2.45, 2.75) is 24.8 Å². The van der Waals surface area contributed by atoms with Gasteiger partial charge in [0.25, 0.3) is 15.9 Å². The number of anilines is 2. The lowest BCUT2D eigenvalue weighted by atomic mass is 10.2. The van der Waals surface area contributed by atoms with Crippen LogP contribution in [0.15, 0.2) is 47.4 Å². The van der Waals surface area contributed by atoms with Gasteiger partial charge in [-0.05, 0) is 49.7 Å². The van der Waals surface area contributed by atoms with E-state index in [4.69, 9.17) is 4.74 Å². The Morgan fingerprint density at radius 2 is 1.96 bits per heavy atom. The molecule has 0 aromatic heterocycles. The monoisotopic (exact) mass is 332 g/mol. The molecule has 1 aliphatic heterocycles. The molecule has 7 heteroatoms. The molecule has 2 aromatic rings. The average molecular weight is 332 g/mol. The zero-order chi connectivity index (χ0) is 16.6. The Kier molecular flexibility index (Phi) is 3.73. The lowest BCUT2D eigenvalue weighted by Crippen LogP contribution is -2.34. The first-order valence-electron chi connectivity index (χ1n) is 7.06. The van der Waals surface area contributed by atoms with Crippen molar-refractivity contribution < 1.29 is 17.9 Å². The highest BCUT2D eigenvalue weighted by molar-refractivity contribution is 7.92. The zero-order valence-corrected chi connectivity index (χ0v) is 13.5. The molecule has 1 amide bonds. The molecule has 0 spiro atoms. The van der Waals surface area contributed by atoms with Crippen molar-refractivity contribution in [1.29, 1.82) is 0 Å². The standard InChI is InChI=1S/C16H16N2O4S/c1-10-4-3-5-12(8-10)18-23(20,21)13-6-7-15-14(9-13)17-16(19)11(2)22-15/h3-9,11,18H,1-2H3,(H,17,19). The van der Waals surface area contributed by atoms with Crippen LogP contribution in [0.3, 0.4) is 0 Å². The van der Waals surface area contributed by atoms with E-state index >= 15 is 0 Å². The van der Waals surface area contributed by atoms with Crippen molar-refractivity contribution in [1.82, 2.24) is 0 Å². The number of rotatable bonds is 3. The topological polar surface area (TPSA) is 84.5 Å². The van der Waals surface area contributed by atoms with E-state index in [9.17, 15) is 13.2 Å². The lowest BCUT2D eigenvalue weighted by Gasteiger charge is -2.23. The molecule has 0 fully saturated rings. The minimum Gasteiger partial charge on any atom is -0.479 e. The summed E-state index contributed by atoms with van der Waals surface area (Å²) in [6.45, 7) is 3.51. The Bertz CT molecular complexity index is 877. The van der Waals surface area contributed by atoms with Gasteiger partial charge < -0.3 is 10.1 Å². The molecule has 6 nitrogen and oxygen atoms in total. The van der Waals surface area contributed by atoms with Crippen LogP contribution in [0, 0.1) is 6.92 Å². The fourth-order valence-corrected chi connectivity index (χ4v) is 3.35. The highest BCUT2D eigenvalue weighted by Crippen LogP contribution is 2.32. The van der Waals surface area contributed by atoms with E-state index in [1.807, 2.05) is 13.0 Å². The highest BCUT2D eigenvalue weighted by atomic mass is 32.2. The Morgan fingerprint density at radius 3 is 2.70 bits per heavy atom. The summed E-state index contributed by atoms with van der Waals surface area (Å²) in [4.78, 5) is 11.7. The Balaban J connectivity index is 1.92. The summed E-state index contributed by atoms with van der Waals surface area (Å²) in [5.74, 6) is 0.144. The largest absolute Gasteiger partial charge is 0.479 e. The number of carbonyl (C=O) groups excluding carboxylic acids is 1. The summed E-state index contributed by atoms with van der Waals surface area (Å²) in [7, 11) is -3.75. The highest BCUT2D eigenvalue weighted by Gasteiger charge is 2.25. The van der Waals surface area contributed by atoms with Crippen molar-refractivity contribution in [2.75, 3.05) is 10.0 Å². The molecule has 0 saturated carbocycles. The van der Waals surface area contributed by atoms with Gasteiger partial charge in [0.15, 0.2) is 6.10 Å². The summed E-state index contributed by atoms with van der Waals surface area (Å²) in [6.07, 6.45) is -0.602. The fourth-order valence-electron chi connectivity index (χ4n) is 2.28. The van der Waals surface area contributed by atoms with Gasteiger partial charge in [-0.25, -0.2) is 8.42 Å². The minimum absolute atomic E-state index is 0.0520. The van der Waals surface area contributed by atoms with Crippen LogP contribution in [0.4, 0.5) is 11.4 Å². The predicted octanol–water partition coefficient (Wildman–Crippen LogP) is 2.52. The molecule has 2 N–H and O–H groups in total. The van der Waals surface area contributed by atoms with Crippen molar-refractivity contribution in [3.8, 4) is 5.75 Å². The van der Waals surface area contributed by atoms with E-state index in [2.05, 4.69) is 10.0 Å². The van der Waals surface area contributed by atoms with E-state index in [1.54, 1.807) is 25.1 Å². The molecule has 23 heavy (non-hydrogen) atoms. The van der Waals surface area contributed by atoms with Gasteiger partial charge in [-0.15, -0.1) is 0 Å². The molecule has 1 heterocycles.